The van der Waals surface area contributed by atoms with Gasteiger partial charge in [-0.3, -0.25) is 0 Å². The molecule has 0 amide bonds. The Morgan fingerprint density at radius 3 is 2.81 bits per heavy atom. The maximum atomic E-state index is 6.29. The second kappa shape index (κ2) is 7.48. The standard InChI is InChI=1S/C16H22ClN3O/c1-19(2)9-5-11-21-16-13(6-4-7-14(16)17)12-15-18-8-10-20(15)3/h4,6-8,10H,5,9,11-12H2,1-3H3. The van der Waals surface area contributed by atoms with E-state index in [1.54, 1.807) is 6.20 Å². The summed E-state index contributed by atoms with van der Waals surface area (Å²) in [7, 11) is 6.11. The van der Waals surface area contributed by atoms with Crippen molar-refractivity contribution in [3.05, 3.63) is 47.0 Å². The highest BCUT2D eigenvalue weighted by atomic mass is 35.5. The normalized spacial score (nSPS) is 11.1. The van der Waals surface area contributed by atoms with Crippen molar-refractivity contribution in [3.8, 4) is 5.75 Å². The highest BCUT2D eigenvalue weighted by molar-refractivity contribution is 6.32. The van der Waals surface area contributed by atoms with E-state index in [1.165, 1.54) is 0 Å². The van der Waals surface area contributed by atoms with E-state index in [0.29, 0.717) is 18.1 Å². The molecule has 0 spiro atoms. The van der Waals surface area contributed by atoms with Gasteiger partial charge in [-0.1, -0.05) is 23.7 Å². The van der Waals surface area contributed by atoms with Gasteiger partial charge in [0, 0.05) is 38.0 Å². The van der Waals surface area contributed by atoms with E-state index in [9.17, 15) is 0 Å². The molecule has 0 aliphatic rings. The van der Waals surface area contributed by atoms with Crippen LogP contribution in [0.4, 0.5) is 0 Å². The molecule has 0 N–H and O–H groups in total. The zero-order valence-electron chi connectivity index (χ0n) is 12.8. The third kappa shape index (κ3) is 4.48. The third-order valence-electron chi connectivity index (χ3n) is 3.31. The van der Waals surface area contributed by atoms with Gasteiger partial charge in [0.25, 0.3) is 0 Å². The Morgan fingerprint density at radius 1 is 1.33 bits per heavy atom. The average molecular weight is 308 g/mol. The van der Waals surface area contributed by atoms with Crippen LogP contribution in [0, 0.1) is 0 Å². The van der Waals surface area contributed by atoms with Crippen LogP contribution in [-0.4, -0.2) is 41.7 Å². The molecule has 4 nitrogen and oxygen atoms in total. The highest BCUT2D eigenvalue weighted by Crippen LogP contribution is 2.30. The number of aryl methyl sites for hydroxylation is 1. The first kappa shape index (κ1) is 15.9. The van der Waals surface area contributed by atoms with Gasteiger partial charge in [0.15, 0.2) is 0 Å². The van der Waals surface area contributed by atoms with E-state index in [0.717, 1.165) is 30.1 Å². The quantitative estimate of drug-likeness (QED) is 0.737. The first-order valence-electron chi connectivity index (χ1n) is 7.09. The molecule has 1 heterocycles. The van der Waals surface area contributed by atoms with Gasteiger partial charge in [0.05, 0.1) is 11.6 Å². The maximum absolute atomic E-state index is 6.29. The van der Waals surface area contributed by atoms with Crippen molar-refractivity contribution >= 4 is 11.6 Å². The minimum absolute atomic E-state index is 0.659. The van der Waals surface area contributed by atoms with Gasteiger partial charge in [0.2, 0.25) is 0 Å². The van der Waals surface area contributed by atoms with Crippen molar-refractivity contribution in [2.45, 2.75) is 12.8 Å². The van der Waals surface area contributed by atoms with Crippen molar-refractivity contribution in [2.24, 2.45) is 7.05 Å². The fourth-order valence-electron chi connectivity index (χ4n) is 2.15. The molecule has 1 aromatic carbocycles. The van der Waals surface area contributed by atoms with Crippen LogP contribution < -0.4 is 4.74 Å². The van der Waals surface area contributed by atoms with Crippen molar-refractivity contribution in [1.82, 2.24) is 14.5 Å². The molecule has 2 aromatic rings. The lowest BCUT2D eigenvalue weighted by Crippen LogP contribution is -2.16. The molecule has 0 bridgehead atoms. The van der Waals surface area contributed by atoms with Crippen LogP contribution in [0.25, 0.3) is 0 Å². The lowest BCUT2D eigenvalue weighted by atomic mass is 10.1. The predicted octanol–water partition coefficient (Wildman–Crippen LogP) is 2.99. The van der Waals surface area contributed by atoms with E-state index in [-0.39, 0.29) is 0 Å². The number of hydrogen-bond acceptors (Lipinski definition) is 3. The van der Waals surface area contributed by atoms with Gasteiger partial charge in [0.1, 0.15) is 11.6 Å². The summed E-state index contributed by atoms with van der Waals surface area (Å²) < 4.78 is 7.92. The van der Waals surface area contributed by atoms with E-state index in [2.05, 4.69) is 24.0 Å². The second-order valence-electron chi connectivity index (χ2n) is 5.36. The number of imidazole rings is 1. The molecule has 0 fully saturated rings. The molecule has 5 heteroatoms. The number of rotatable bonds is 7. The van der Waals surface area contributed by atoms with Crippen LogP contribution in [0.5, 0.6) is 5.75 Å². The largest absolute Gasteiger partial charge is 0.492 e. The molecule has 0 saturated heterocycles. The molecule has 0 saturated carbocycles. The Morgan fingerprint density at radius 2 is 2.14 bits per heavy atom. The molecule has 1 aromatic heterocycles. The molecule has 0 aliphatic heterocycles. The molecule has 114 valence electrons. The van der Waals surface area contributed by atoms with Crippen molar-refractivity contribution in [3.63, 3.8) is 0 Å². The SMILES string of the molecule is CN(C)CCCOc1c(Cl)cccc1Cc1nccn1C. The number of halogens is 1. The van der Waals surface area contributed by atoms with Gasteiger partial charge in [-0.05, 0) is 26.6 Å². The number of benzene rings is 1. The average Bonchev–Trinajstić information content (AvgIpc) is 2.82. The van der Waals surface area contributed by atoms with Crippen molar-refractivity contribution in [2.75, 3.05) is 27.2 Å². The first-order chi connectivity index (χ1) is 10.1. The van der Waals surface area contributed by atoms with E-state index < -0.39 is 0 Å². The summed E-state index contributed by atoms with van der Waals surface area (Å²) >= 11 is 6.29. The van der Waals surface area contributed by atoms with Gasteiger partial charge in [-0.25, -0.2) is 4.98 Å². The Balaban J connectivity index is 2.07. The first-order valence-corrected chi connectivity index (χ1v) is 7.47. The molecule has 0 radical (unpaired) electrons. The fourth-order valence-corrected chi connectivity index (χ4v) is 2.40. The third-order valence-corrected chi connectivity index (χ3v) is 3.61. The Labute approximate surface area is 131 Å². The number of aromatic nitrogens is 2. The van der Waals surface area contributed by atoms with Gasteiger partial charge in [-0.2, -0.15) is 0 Å². The highest BCUT2D eigenvalue weighted by Gasteiger charge is 2.11. The molecule has 21 heavy (non-hydrogen) atoms. The molecule has 0 atom stereocenters. The summed E-state index contributed by atoms with van der Waals surface area (Å²) in [5.41, 5.74) is 1.07. The molecule has 0 unspecified atom stereocenters. The topological polar surface area (TPSA) is 30.3 Å². The van der Waals surface area contributed by atoms with Crippen molar-refractivity contribution < 1.29 is 4.74 Å². The predicted molar refractivity (Wildman–Crippen MR) is 86.1 cm³/mol. The van der Waals surface area contributed by atoms with Crippen LogP contribution in [0.3, 0.4) is 0 Å². The summed E-state index contributed by atoms with van der Waals surface area (Å²) in [6, 6.07) is 5.86. The maximum Gasteiger partial charge on any atom is 0.141 e. The van der Waals surface area contributed by atoms with Crippen LogP contribution >= 0.6 is 11.6 Å². The summed E-state index contributed by atoms with van der Waals surface area (Å²) in [5.74, 6) is 1.77. The lowest BCUT2D eigenvalue weighted by molar-refractivity contribution is 0.280. The second-order valence-corrected chi connectivity index (χ2v) is 5.77. The van der Waals surface area contributed by atoms with Crippen LogP contribution in [0.1, 0.15) is 17.8 Å². The number of ether oxygens (including phenoxy) is 1. The minimum atomic E-state index is 0.659. The van der Waals surface area contributed by atoms with Gasteiger partial charge >= 0.3 is 0 Å². The smallest absolute Gasteiger partial charge is 0.141 e. The molecular formula is C16H22ClN3O. The van der Waals surface area contributed by atoms with E-state index >= 15 is 0 Å². The van der Waals surface area contributed by atoms with Gasteiger partial charge < -0.3 is 14.2 Å². The molecule has 0 aliphatic carbocycles. The summed E-state index contributed by atoms with van der Waals surface area (Å²) in [5, 5.41) is 0.659. The summed E-state index contributed by atoms with van der Waals surface area (Å²) in [6.45, 7) is 1.66. The van der Waals surface area contributed by atoms with Crippen molar-refractivity contribution in [1.29, 1.82) is 0 Å². The number of para-hydroxylation sites is 1. The monoisotopic (exact) mass is 307 g/mol. The Kier molecular flexibility index (Phi) is 5.65. The number of nitrogens with zero attached hydrogens (tertiary/aromatic N) is 3. The van der Waals surface area contributed by atoms with E-state index in [4.69, 9.17) is 16.3 Å². The summed E-state index contributed by atoms with van der Waals surface area (Å²) in [4.78, 5) is 6.50. The molecular weight excluding hydrogens is 286 g/mol. The van der Waals surface area contributed by atoms with Gasteiger partial charge in [-0.15, -0.1) is 0 Å². The Bertz CT molecular complexity index is 581. The molecule has 2 rings (SSSR count). The zero-order chi connectivity index (χ0) is 15.2. The fraction of sp³-hybridized carbons (Fsp3) is 0.438. The van der Waals surface area contributed by atoms with Crippen LogP contribution in [0.2, 0.25) is 5.02 Å². The van der Waals surface area contributed by atoms with Crippen LogP contribution in [-0.2, 0) is 13.5 Å². The Hall–Kier alpha value is -1.52. The lowest BCUT2D eigenvalue weighted by Gasteiger charge is -2.14. The zero-order valence-corrected chi connectivity index (χ0v) is 13.6. The number of hydrogen-bond donors (Lipinski definition) is 0. The summed E-state index contributed by atoms with van der Waals surface area (Å²) in [6.07, 6.45) is 5.43. The minimum Gasteiger partial charge on any atom is -0.492 e. The van der Waals surface area contributed by atoms with Crippen LogP contribution in [0.15, 0.2) is 30.6 Å². The van der Waals surface area contributed by atoms with E-state index in [1.807, 2.05) is 36.0 Å².